The van der Waals surface area contributed by atoms with Crippen molar-refractivity contribution in [1.29, 1.82) is 0 Å². The number of benzene rings is 1. The topological polar surface area (TPSA) is 42.7 Å². The highest BCUT2D eigenvalue weighted by Gasteiger charge is 2.21. The van der Waals surface area contributed by atoms with Crippen LogP contribution < -0.4 is 0 Å². The fourth-order valence-electron chi connectivity index (χ4n) is 2.94. The Morgan fingerprint density at radius 1 is 1.17 bits per heavy atom. The molecule has 23 heavy (non-hydrogen) atoms. The van der Waals surface area contributed by atoms with E-state index in [-0.39, 0.29) is 12.0 Å². The summed E-state index contributed by atoms with van der Waals surface area (Å²) < 4.78 is 11.2. The van der Waals surface area contributed by atoms with E-state index in [4.69, 9.17) is 9.15 Å². The van der Waals surface area contributed by atoms with Gasteiger partial charge in [-0.1, -0.05) is 18.2 Å². The maximum Gasteiger partial charge on any atom is 0.289 e. The van der Waals surface area contributed by atoms with E-state index in [0.717, 1.165) is 42.8 Å². The van der Waals surface area contributed by atoms with Crippen molar-refractivity contribution in [1.82, 2.24) is 4.90 Å². The van der Waals surface area contributed by atoms with Gasteiger partial charge in [0.25, 0.3) is 5.91 Å². The summed E-state index contributed by atoms with van der Waals surface area (Å²) in [7, 11) is 1.69. The first-order valence-corrected chi connectivity index (χ1v) is 8.21. The van der Waals surface area contributed by atoms with Gasteiger partial charge in [-0.25, -0.2) is 0 Å². The van der Waals surface area contributed by atoms with Gasteiger partial charge in [0.05, 0.1) is 6.10 Å². The first-order chi connectivity index (χ1) is 11.2. The van der Waals surface area contributed by atoms with E-state index in [0.29, 0.717) is 5.76 Å². The minimum atomic E-state index is -0.00244. The average molecular weight is 313 g/mol. The lowest BCUT2D eigenvalue weighted by Crippen LogP contribution is -2.35. The number of hydrogen-bond acceptors (Lipinski definition) is 3. The van der Waals surface area contributed by atoms with Crippen LogP contribution in [0.25, 0.3) is 11.3 Å². The standard InChI is InChI=1S/C19H23NO3/c1-14(22-2)15-7-6-8-16(13-15)17-9-10-18(23-17)19(21)20-11-4-3-5-12-20/h6-10,13-14H,3-5,11-12H2,1-2H3. The van der Waals surface area contributed by atoms with Gasteiger partial charge in [0.2, 0.25) is 0 Å². The third-order valence-electron chi connectivity index (χ3n) is 4.45. The second kappa shape index (κ2) is 7.01. The molecule has 1 atom stereocenters. The summed E-state index contributed by atoms with van der Waals surface area (Å²) in [6.45, 7) is 3.66. The van der Waals surface area contributed by atoms with Crippen molar-refractivity contribution >= 4 is 5.91 Å². The summed E-state index contributed by atoms with van der Waals surface area (Å²) in [5.41, 5.74) is 2.05. The van der Waals surface area contributed by atoms with Gasteiger partial charge in [0.15, 0.2) is 5.76 Å². The molecule has 2 heterocycles. The summed E-state index contributed by atoms with van der Waals surface area (Å²) in [5, 5.41) is 0. The van der Waals surface area contributed by atoms with Crippen LogP contribution in [0.1, 0.15) is 48.4 Å². The first kappa shape index (κ1) is 15.8. The van der Waals surface area contributed by atoms with Crippen molar-refractivity contribution in [3.63, 3.8) is 0 Å². The minimum Gasteiger partial charge on any atom is -0.451 e. The van der Waals surface area contributed by atoms with E-state index in [9.17, 15) is 4.79 Å². The maximum atomic E-state index is 12.5. The fourth-order valence-corrected chi connectivity index (χ4v) is 2.94. The second-order valence-corrected chi connectivity index (χ2v) is 6.02. The molecule has 2 aromatic rings. The number of furan rings is 1. The molecule has 4 heteroatoms. The van der Waals surface area contributed by atoms with Crippen LogP contribution in [0.5, 0.6) is 0 Å². The molecule has 3 rings (SSSR count). The molecule has 0 aliphatic carbocycles. The monoisotopic (exact) mass is 313 g/mol. The molecule has 1 aliphatic heterocycles. The van der Waals surface area contributed by atoms with E-state index in [2.05, 4.69) is 0 Å². The highest BCUT2D eigenvalue weighted by atomic mass is 16.5. The molecule has 0 N–H and O–H groups in total. The molecule has 1 amide bonds. The van der Waals surface area contributed by atoms with Gasteiger partial charge in [-0.15, -0.1) is 0 Å². The molecule has 1 aromatic carbocycles. The fraction of sp³-hybridized carbons (Fsp3) is 0.421. The molecule has 1 unspecified atom stereocenters. The predicted octanol–water partition coefficient (Wildman–Crippen LogP) is 4.28. The van der Waals surface area contributed by atoms with Crippen molar-refractivity contribution in [3.8, 4) is 11.3 Å². The molecule has 4 nitrogen and oxygen atoms in total. The van der Waals surface area contributed by atoms with E-state index in [1.807, 2.05) is 42.2 Å². The lowest BCUT2D eigenvalue weighted by atomic mass is 10.1. The van der Waals surface area contributed by atoms with Crippen molar-refractivity contribution < 1.29 is 13.9 Å². The summed E-state index contributed by atoms with van der Waals surface area (Å²) >= 11 is 0. The van der Waals surface area contributed by atoms with Gasteiger partial charge in [0, 0.05) is 25.8 Å². The molecule has 0 bridgehead atoms. The third-order valence-corrected chi connectivity index (χ3v) is 4.45. The predicted molar refractivity (Wildman–Crippen MR) is 89.3 cm³/mol. The number of ether oxygens (including phenoxy) is 1. The zero-order valence-corrected chi connectivity index (χ0v) is 13.7. The van der Waals surface area contributed by atoms with Gasteiger partial charge in [-0.05, 0) is 49.9 Å². The lowest BCUT2D eigenvalue weighted by molar-refractivity contribution is 0.0693. The smallest absolute Gasteiger partial charge is 0.289 e. The molecule has 1 saturated heterocycles. The Kier molecular flexibility index (Phi) is 4.82. The number of piperidine rings is 1. The highest BCUT2D eigenvalue weighted by Crippen LogP contribution is 2.27. The second-order valence-electron chi connectivity index (χ2n) is 6.02. The number of hydrogen-bond donors (Lipinski definition) is 0. The average Bonchev–Trinajstić information content (AvgIpc) is 3.11. The highest BCUT2D eigenvalue weighted by molar-refractivity contribution is 5.92. The zero-order chi connectivity index (χ0) is 16.2. The lowest BCUT2D eigenvalue weighted by Gasteiger charge is -2.25. The Balaban J connectivity index is 1.80. The number of carbonyl (C=O) groups is 1. The van der Waals surface area contributed by atoms with Crippen molar-refractivity contribution in [2.24, 2.45) is 0 Å². The van der Waals surface area contributed by atoms with Crippen molar-refractivity contribution in [2.45, 2.75) is 32.3 Å². The number of carbonyl (C=O) groups excluding carboxylic acids is 1. The van der Waals surface area contributed by atoms with Gasteiger partial charge in [-0.2, -0.15) is 0 Å². The van der Waals surface area contributed by atoms with Gasteiger partial charge >= 0.3 is 0 Å². The largest absolute Gasteiger partial charge is 0.451 e. The Hall–Kier alpha value is -2.07. The summed E-state index contributed by atoms with van der Waals surface area (Å²) in [5.74, 6) is 1.14. The number of likely N-dealkylation sites (tertiary alicyclic amines) is 1. The van der Waals surface area contributed by atoms with Crippen molar-refractivity contribution in [2.75, 3.05) is 20.2 Å². The quantitative estimate of drug-likeness (QED) is 0.846. The molecular weight excluding hydrogens is 290 g/mol. The van der Waals surface area contributed by atoms with Crippen LogP contribution in [0.3, 0.4) is 0 Å². The normalized spacial score (nSPS) is 16.3. The summed E-state index contributed by atoms with van der Waals surface area (Å²) in [6.07, 6.45) is 3.39. The van der Waals surface area contributed by atoms with Gasteiger partial charge in [-0.3, -0.25) is 4.79 Å². The molecule has 0 saturated carbocycles. The van der Waals surface area contributed by atoms with E-state index in [1.54, 1.807) is 13.2 Å². The third kappa shape index (κ3) is 3.48. The van der Waals surface area contributed by atoms with E-state index >= 15 is 0 Å². The SMILES string of the molecule is COC(C)c1cccc(-c2ccc(C(=O)N3CCCCC3)o2)c1. The van der Waals surface area contributed by atoms with Crippen LogP contribution in [0.2, 0.25) is 0 Å². The summed E-state index contributed by atoms with van der Waals surface area (Å²) in [4.78, 5) is 14.4. The van der Waals surface area contributed by atoms with Crippen LogP contribution in [-0.2, 0) is 4.74 Å². The van der Waals surface area contributed by atoms with Crippen LogP contribution in [-0.4, -0.2) is 31.0 Å². The van der Waals surface area contributed by atoms with Gasteiger partial charge < -0.3 is 14.1 Å². The van der Waals surface area contributed by atoms with Crippen LogP contribution >= 0.6 is 0 Å². The molecule has 1 fully saturated rings. The number of amides is 1. The molecule has 0 spiro atoms. The summed E-state index contributed by atoms with van der Waals surface area (Å²) in [6, 6.07) is 11.7. The minimum absolute atomic E-state index is 0.00244. The number of methoxy groups -OCH3 is 1. The zero-order valence-electron chi connectivity index (χ0n) is 13.7. The van der Waals surface area contributed by atoms with Crippen molar-refractivity contribution in [3.05, 3.63) is 47.7 Å². The number of rotatable bonds is 4. The maximum absolute atomic E-state index is 12.5. The van der Waals surface area contributed by atoms with Crippen LogP contribution in [0.15, 0.2) is 40.8 Å². The Morgan fingerprint density at radius 2 is 1.96 bits per heavy atom. The molecule has 1 aliphatic rings. The molecule has 0 radical (unpaired) electrons. The van der Waals surface area contributed by atoms with Crippen LogP contribution in [0.4, 0.5) is 0 Å². The number of nitrogens with zero attached hydrogens (tertiary/aromatic N) is 1. The van der Waals surface area contributed by atoms with E-state index < -0.39 is 0 Å². The molecule has 122 valence electrons. The first-order valence-electron chi connectivity index (χ1n) is 8.21. The Bertz CT molecular complexity index is 671. The molecular formula is C19H23NO3. The van der Waals surface area contributed by atoms with Crippen LogP contribution in [0, 0.1) is 0 Å². The Labute approximate surface area is 137 Å². The molecule has 1 aromatic heterocycles. The Morgan fingerprint density at radius 3 is 2.70 bits per heavy atom. The van der Waals surface area contributed by atoms with E-state index in [1.165, 1.54) is 6.42 Å². The van der Waals surface area contributed by atoms with Gasteiger partial charge in [0.1, 0.15) is 5.76 Å².